The van der Waals surface area contributed by atoms with Crippen molar-refractivity contribution in [3.8, 4) is 11.5 Å². The van der Waals surface area contributed by atoms with E-state index in [1.807, 2.05) is 6.92 Å². The van der Waals surface area contributed by atoms with Gasteiger partial charge in [-0.05, 0) is 24.6 Å². The van der Waals surface area contributed by atoms with Gasteiger partial charge in [0.05, 0.1) is 16.3 Å². The van der Waals surface area contributed by atoms with Crippen LogP contribution in [0.2, 0.25) is 10.0 Å². The van der Waals surface area contributed by atoms with Crippen LogP contribution in [-0.2, 0) is 11.2 Å². The molecule has 0 bridgehead atoms. The van der Waals surface area contributed by atoms with E-state index in [0.29, 0.717) is 20.7 Å². The molecule has 0 radical (unpaired) electrons. The molecule has 0 saturated carbocycles. The van der Waals surface area contributed by atoms with Crippen molar-refractivity contribution in [1.29, 1.82) is 0 Å². The van der Waals surface area contributed by atoms with Crippen LogP contribution in [0.3, 0.4) is 0 Å². The Morgan fingerprint density at radius 1 is 1.28 bits per heavy atom. The zero-order chi connectivity index (χ0) is 17.8. The predicted octanol–water partition coefficient (Wildman–Crippen LogP) is 4.19. The first-order chi connectivity index (χ1) is 12.0. The molecule has 25 heavy (non-hydrogen) atoms. The average molecular weight is 416 g/mol. The minimum atomic E-state index is -0.229. The summed E-state index contributed by atoms with van der Waals surface area (Å²) >= 11 is 14.4. The van der Waals surface area contributed by atoms with Gasteiger partial charge in [-0.15, -0.1) is 20.4 Å². The normalized spacial score (nSPS) is 10.8. The zero-order valence-electron chi connectivity index (χ0n) is 12.8. The van der Waals surface area contributed by atoms with Crippen molar-refractivity contribution in [3.63, 3.8) is 0 Å². The number of amides is 1. The van der Waals surface area contributed by atoms with E-state index in [1.165, 1.54) is 11.3 Å². The van der Waals surface area contributed by atoms with Crippen LogP contribution in [-0.4, -0.2) is 32.1 Å². The second-order valence-electron chi connectivity index (χ2n) is 4.69. The van der Waals surface area contributed by atoms with Crippen molar-refractivity contribution in [3.05, 3.63) is 33.3 Å². The Kier molecular flexibility index (Phi) is 5.89. The molecule has 0 atom stereocenters. The minimum Gasteiger partial charge on any atom is -0.411 e. The molecule has 0 aliphatic carbocycles. The van der Waals surface area contributed by atoms with Crippen LogP contribution in [0.4, 0.5) is 5.13 Å². The molecular formula is C14H11Cl2N5O2S2. The lowest BCUT2D eigenvalue weighted by Crippen LogP contribution is -2.13. The third kappa shape index (κ3) is 4.69. The molecule has 2 heterocycles. The second kappa shape index (κ2) is 8.13. The summed E-state index contributed by atoms with van der Waals surface area (Å²) in [6, 6.07) is 4.97. The van der Waals surface area contributed by atoms with Gasteiger partial charge in [0.25, 0.3) is 5.22 Å². The third-order valence-corrected chi connectivity index (χ3v) is 5.26. The van der Waals surface area contributed by atoms with Gasteiger partial charge in [0, 0.05) is 5.02 Å². The van der Waals surface area contributed by atoms with Crippen LogP contribution in [0.15, 0.2) is 27.8 Å². The highest BCUT2D eigenvalue weighted by atomic mass is 35.5. The fourth-order valence-corrected chi connectivity index (χ4v) is 3.52. The molecule has 3 aromatic rings. The van der Waals surface area contributed by atoms with E-state index in [2.05, 4.69) is 25.7 Å². The largest absolute Gasteiger partial charge is 0.411 e. The molecule has 1 aromatic carbocycles. The van der Waals surface area contributed by atoms with E-state index in [-0.39, 0.29) is 22.8 Å². The molecule has 2 aromatic heterocycles. The van der Waals surface area contributed by atoms with Crippen molar-refractivity contribution in [2.24, 2.45) is 0 Å². The summed E-state index contributed by atoms with van der Waals surface area (Å²) in [6.45, 7) is 1.97. The van der Waals surface area contributed by atoms with Gasteiger partial charge >= 0.3 is 0 Å². The number of nitrogens with one attached hydrogen (secondary N) is 1. The fourth-order valence-electron chi connectivity index (χ4n) is 1.77. The van der Waals surface area contributed by atoms with E-state index >= 15 is 0 Å². The molecule has 0 aliphatic heterocycles. The van der Waals surface area contributed by atoms with Crippen molar-refractivity contribution in [1.82, 2.24) is 20.4 Å². The molecule has 0 unspecified atom stereocenters. The summed E-state index contributed by atoms with van der Waals surface area (Å²) in [5.74, 6) is 0.145. The van der Waals surface area contributed by atoms with Crippen LogP contribution < -0.4 is 5.32 Å². The first-order valence-electron chi connectivity index (χ1n) is 7.09. The summed E-state index contributed by atoms with van der Waals surface area (Å²) in [4.78, 5) is 11.9. The zero-order valence-corrected chi connectivity index (χ0v) is 16.0. The van der Waals surface area contributed by atoms with Crippen LogP contribution in [0, 0.1) is 0 Å². The van der Waals surface area contributed by atoms with Crippen molar-refractivity contribution >= 4 is 57.3 Å². The predicted molar refractivity (Wildman–Crippen MR) is 98.4 cm³/mol. The number of thioether (sulfide) groups is 1. The molecular weight excluding hydrogens is 405 g/mol. The van der Waals surface area contributed by atoms with Gasteiger partial charge in [-0.25, -0.2) is 0 Å². The number of carbonyl (C=O) groups is 1. The monoisotopic (exact) mass is 415 g/mol. The third-order valence-electron chi connectivity index (χ3n) is 2.91. The molecule has 1 N–H and O–H groups in total. The molecule has 11 heteroatoms. The molecule has 7 nitrogen and oxygen atoms in total. The Morgan fingerprint density at radius 2 is 2.12 bits per heavy atom. The summed E-state index contributed by atoms with van der Waals surface area (Å²) in [7, 11) is 0. The summed E-state index contributed by atoms with van der Waals surface area (Å²) < 4.78 is 5.52. The number of nitrogens with zero attached hydrogens (tertiary/aromatic N) is 4. The molecule has 1 amide bonds. The van der Waals surface area contributed by atoms with Crippen LogP contribution >= 0.6 is 46.3 Å². The maximum atomic E-state index is 11.9. The number of hydrogen-bond donors (Lipinski definition) is 1. The number of rotatable bonds is 6. The number of halogens is 2. The van der Waals surface area contributed by atoms with E-state index in [9.17, 15) is 4.79 Å². The van der Waals surface area contributed by atoms with Gasteiger partial charge in [-0.3, -0.25) is 10.1 Å². The quantitative estimate of drug-likeness (QED) is 0.602. The lowest BCUT2D eigenvalue weighted by Gasteiger charge is -1.99. The van der Waals surface area contributed by atoms with E-state index in [1.54, 1.807) is 18.2 Å². The minimum absolute atomic E-state index is 0.108. The van der Waals surface area contributed by atoms with E-state index in [0.717, 1.165) is 23.2 Å². The summed E-state index contributed by atoms with van der Waals surface area (Å²) in [5.41, 5.74) is 0.579. The average Bonchev–Trinajstić information content (AvgIpc) is 3.22. The number of carbonyl (C=O) groups excluding carboxylic acids is 1. The lowest BCUT2D eigenvalue weighted by molar-refractivity contribution is -0.113. The van der Waals surface area contributed by atoms with E-state index < -0.39 is 0 Å². The van der Waals surface area contributed by atoms with Crippen LogP contribution in [0.25, 0.3) is 11.5 Å². The molecule has 0 spiro atoms. The Hall–Kier alpha value is -1.68. The highest BCUT2D eigenvalue weighted by Crippen LogP contribution is 2.31. The maximum absolute atomic E-state index is 11.9. The standard InChI is InChI=1S/C14H11Cl2N5O2S2/c1-2-11-18-20-13(25-11)17-10(22)6-24-14-21-19-12(23-14)8-4-3-7(15)5-9(8)16/h3-5H,2,6H2,1H3,(H,17,20,22). The van der Waals surface area contributed by atoms with Crippen LogP contribution in [0.1, 0.15) is 11.9 Å². The number of anilines is 1. The van der Waals surface area contributed by atoms with E-state index in [4.69, 9.17) is 27.6 Å². The number of aryl methyl sites for hydroxylation is 1. The van der Waals surface area contributed by atoms with Crippen molar-refractivity contribution in [2.75, 3.05) is 11.1 Å². The second-order valence-corrected chi connectivity index (χ2v) is 7.52. The molecule has 0 saturated heterocycles. The highest BCUT2D eigenvalue weighted by Gasteiger charge is 2.14. The maximum Gasteiger partial charge on any atom is 0.277 e. The lowest BCUT2D eigenvalue weighted by atomic mass is 10.2. The van der Waals surface area contributed by atoms with Gasteiger partial charge in [0.1, 0.15) is 5.01 Å². The molecule has 3 rings (SSSR count). The van der Waals surface area contributed by atoms with Gasteiger partial charge < -0.3 is 4.42 Å². The summed E-state index contributed by atoms with van der Waals surface area (Å²) in [6.07, 6.45) is 0.778. The van der Waals surface area contributed by atoms with Crippen LogP contribution in [0.5, 0.6) is 0 Å². The SMILES string of the molecule is CCc1nnc(NC(=O)CSc2nnc(-c3ccc(Cl)cc3Cl)o2)s1. The van der Waals surface area contributed by atoms with Gasteiger partial charge in [0.15, 0.2) is 0 Å². The van der Waals surface area contributed by atoms with Gasteiger partial charge in [0.2, 0.25) is 16.9 Å². The van der Waals surface area contributed by atoms with Crippen molar-refractivity contribution in [2.45, 2.75) is 18.6 Å². The Balaban J connectivity index is 1.58. The first kappa shape index (κ1) is 18.1. The highest BCUT2D eigenvalue weighted by molar-refractivity contribution is 7.99. The van der Waals surface area contributed by atoms with Gasteiger partial charge in [-0.2, -0.15) is 0 Å². The Bertz CT molecular complexity index is 899. The molecule has 130 valence electrons. The smallest absolute Gasteiger partial charge is 0.277 e. The fraction of sp³-hybridized carbons (Fsp3) is 0.214. The van der Waals surface area contributed by atoms with Crippen molar-refractivity contribution < 1.29 is 9.21 Å². The number of aromatic nitrogens is 4. The van der Waals surface area contributed by atoms with Gasteiger partial charge in [-0.1, -0.05) is 53.2 Å². The molecule has 0 aliphatic rings. The number of hydrogen-bond acceptors (Lipinski definition) is 8. The Labute approximate surface area is 161 Å². The molecule has 0 fully saturated rings. The summed E-state index contributed by atoms with van der Waals surface area (Å²) in [5, 5.41) is 20.9. The number of benzene rings is 1. The topological polar surface area (TPSA) is 93.8 Å². The Morgan fingerprint density at radius 3 is 2.84 bits per heavy atom. The first-order valence-corrected chi connectivity index (χ1v) is 9.65.